The first kappa shape index (κ1) is 23.1. The van der Waals surface area contributed by atoms with E-state index < -0.39 is 15.9 Å². The van der Waals surface area contributed by atoms with Crippen molar-refractivity contribution in [1.29, 1.82) is 0 Å². The molecule has 0 heterocycles. The highest BCUT2D eigenvalue weighted by Crippen LogP contribution is 2.25. The van der Waals surface area contributed by atoms with Crippen LogP contribution in [0.1, 0.15) is 18.5 Å². The minimum atomic E-state index is -3.68. The Hall–Kier alpha value is -3.52. The standard InChI is InChI=1S/C24H26N2O5S/c1-18(19-9-13-21(30-2)14-10-19)25-24(27)17-26(32(3,28)29)20-11-15-23(16-12-20)31-22-7-5-4-6-8-22/h4-16,18H,17H2,1-3H3,(H,25,27). The van der Waals surface area contributed by atoms with Gasteiger partial charge >= 0.3 is 0 Å². The summed E-state index contributed by atoms with van der Waals surface area (Å²) in [6.07, 6.45) is 1.07. The third kappa shape index (κ3) is 6.24. The SMILES string of the molecule is COc1ccc(C(C)NC(=O)CN(c2ccc(Oc3ccccc3)cc2)S(C)(=O)=O)cc1. The van der Waals surface area contributed by atoms with Crippen LogP contribution in [0.15, 0.2) is 78.9 Å². The number of nitrogens with zero attached hydrogens (tertiary/aromatic N) is 1. The van der Waals surface area contributed by atoms with Gasteiger partial charge < -0.3 is 14.8 Å². The zero-order valence-corrected chi connectivity index (χ0v) is 19.0. The fourth-order valence-corrected chi connectivity index (χ4v) is 3.95. The molecule has 1 atom stereocenters. The third-order valence-electron chi connectivity index (χ3n) is 4.78. The summed E-state index contributed by atoms with van der Waals surface area (Å²) >= 11 is 0. The smallest absolute Gasteiger partial charge is 0.241 e. The number of amides is 1. The van der Waals surface area contributed by atoms with Crippen molar-refractivity contribution in [2.24, 2.45) is 0 Å². The first-order chi connectivity index (χ1) is 15.3. The van der Waals surface area contributed by atoms with Gasteiger partial charge in [0.25, 0.3) is 0 Å². The first-order valence-electron chi connectivity index (χ1n) is 10.0. The molecule has 0 aromatic heterocycles. The largest absolute Gasteiger partial charge is 0.497 e. The summed E-state index contributed by atoms with van der Waals surface area (Å²) in [4.78, 5) is 12.6. The van der Waals surface area contributed by atoms with Gasteiger partial charge in [-0.2, -0.15) is 0 Å². The molecule has 0 aliphatic heterocycles. The minimum absolute atomic E-state index is 0.295. The Morgan fingerprint density at radius 1 is 0.906 bits per heavy atom. The average Bonchev–Trinajstić information content (AvgIpc) is 2.78. The van der Waals surface area contributed by atoms with E-state index in [0.29, 0.717) is 17.2 Å². The number of anilines is 1. The second kappa shape index (κ2) is 10.2. The van der Waals surface area contributed by atoms with Gasteiger partial charge in [-0.05, 0) is 61.0 Å². The summed E-state index contributed by atoms with van der Waals surface area (Å²) in [7, 11) is -2.10. The van der Waals surface area contributed by atoms with E-state index in [9.17, 15) is 13.2 Å². The van der Waals surface area contributed by atoms with Crippen LogP contribution in [0.3, 0.4) is 0 Å². The molecule has 0 saturated carbocycles. The minimum Gasteiger partial charge on any atom is -0.497 e. The Balaban J connectivity index is 1.68. The van der Waals surface area contributed by atoms with Crippen LogP contribution < -0.4 is 19.1 Å². The molecule has 3 aromatic rings. The fourth-order valence-electron chi connectivity index (χ4n) is 3.10. The van der Waals surface area contributed by atoms with Gasteiger partial charge in [-0.1, -0.05) is 30.3 Å². The van der Waals surface area contributed by atoms with Gasteiger partial charge in [-0.25, -0.2) is 8.42 Å². The van der Waals surface area contributed by atoms with E-state index in [-0.39, 0.29) is 12.6 Å². The van der Waals surface area contributed by atoms with E-state index in [1.165, 1.54) is 0 Å². The molecule has 0 saturated heterocycles. The lowest BCUT2D eigenvalue weighted by atomic mass is 10.1. The molecule has 0 bridgehead atoms. The topological polar surface area (TPSA) is 84.9 Å². The van der Waals surface area contributed by atoms with Crippen molar-refractivity contribution in [3.8, 4) is 17.2 Å². The Kier molecular flexibility index (Phi) is 7.37. The Labute approximate surface area is 188 Å². The molecule has 7 nitrogen and oxygen atoms in total. The number of benzene rings is 3. The number of carbonyl (C=O) groups excluding carboxylic acids is 1. The lowest BCUT2D eigenvalue weighted by Crippen LogP contribution is -2.41. The summed E-state index contributed by atoms with van der Waals surface area (Å²) in [5, 5.41) is 2.84. The van der Waals surface area contributed by atoms with Crippen molar-refractivity contribution in [2.75, 3.05) is 24.2 Å². The molecular formula is C24H26N2O5S. The average molecular weight is 455 g/mol. The number of hydrogen-bond donors (Lipinski definition) is 1. The summed E-state index contributed by atoms with van der Waals surface area (Å²) in [5.74, 6) is 1.54. The van der Waals surface area contributed by atoms with Gasteiger partial charge in [-0.15, -0.1) is 0 Å². The number of ether oxygens (including phenoxy) is 2. The molecule has 32 heavy (non-hydrogen) atoms. The predicted octanol–water partition coefficient (Wildman–Crippen LogP) is 4.13. The van der Waals surface area contributed by atoms with Crippen molar-refractivity contribution >= 4 is 21.6 Å². The maximum absolute atomic E-state index is 12.6. The molecule has 0 fully saturated rings. The van der Waals surface area contributed by atoms with Crippen LogP contribution in [0.5, 0.6) is 17.2 Å². The Morgan fingerprint density at radius 2 is 1.47 bits per heavy atom. The predicted molar refractivity (Wildman–Crippen MR) is 125 cm³/mol. The first-order valence-corrected chi connectivity index (χ1v) is 11.8. The van der Waals surface area contributed by atoms with Crippen LogP contribution in [0, 0.1) is 0 Å². The van der Waals surface area contributed by atoms with Gasteiger partial charge in [0.1, 0.15) is 23.8 Å². The quantitative estimate of drug-likeness (QED) is 0.526. The number of carbonyl (C=O) groups is 1. The normalized spacial score (nSPS) is 12.0. The van der Waals surface area contributed by atoms with Crippen LogP contribution in [-0.4, -0.2) is 34.2 Å². The van der Waals surface area contributed by atoms with Crippen molar-refractivity contribution in [1.82, 2.24) is 5.32 Å². The Bertz CT molecular complexity index is 1130. The lowest BCUT2D eigenvalue weighted by Gasteiger charge is -2.23. The highest BCUT2D eigenvalue weighted by molar-refractivity contribution is 7.92. The number of rotatable bonds is 9. The highest BCUT2D eigenvalue weighted by atomic mass is 32.2. The fraction of sp³-hybridized carbons (Fsp3) is 0.208. The van der Waals surface area contributed by atoms with Crippen LogP contribution >= 0.6 is 0 Å². The number of hydrogen-bond acceptors (Lipinski definition) is 5. The molecule has 0 aliphatic rings. The second-order valence-electron chi connectivity index (χ2n) is 7.24. The molecule has 8 heteroatoms. The van der Waals surface area contributed by atoms with Gasteiger partial charge in [0.2, 0.25) is 15.9 Å². The summed E-state index contributed by atoms with van der Waals surface area (Å²) in [5.41, 5.74) is 1.26. The number of sulfonamides is 1. The van der Waals surface area contributed by atoms with Crippen molar-refractivity contribution in [3.05, 3.63) is 84.4 Å². The molecule has 0 radical (unpaired) electrons. The van der Waals surface area contributed by atoms with E-state index in [1.807, 2.05) is 49.4 Å². The maximum Gasteiger partial charge on any atom is 0.241 e. The highest BCUT2D eigenvalue weighted by Gasteiger charge is 2.22. The van der Waals surface area contributed by atoms with Crippen LogP contribution in [0.25, 0.3) is 0 Å². The van der Waals surface area contributed by atoms with Crippen LogP contribution in [0.4, 0.5) is 5.69 Å². The van der Waals surface area contributed by atoms with Gasteiger partial charge in [0, 0.05) is 0 Å². The lowest BCUT2D eigenvalue weighted by molar-refractivity contribution is -0.120. The zero-order chi connectivity index (χ0) is 23.1. The molecule has 0 aliphatic carbocycles. The van der Waals surface area contributed by atoms with Gasteiger partial charge in [0.15, 0.2) is 0 Å². The second-order valence-corrected chi connectivity index (χ2v) is 9.15. The van der Waals surface area contributed by atoms with Gasteiger partial charge in [-0.3, -0.25) is 9.10 Å². The molecule has 168 valence electrons. The van der Waals surface area contributed by atoms with E-state index in [4.69, 9.17) is 9.47 Å². The zero-order valence-electron chi connectivity index (χ0n) is 18.2. The van der Waals surface area contributed by atoms with Crippen molar-refractivity contribution in [2.45, 2.75) is 13.0 Å². The Morgan fingerprint density at radius 3 is 2.03 bits per heavy atom. The summed E-state index contributed by atoms with van der Waals surface area (Å²) < 4.78 is 36.7. The van der Waals surface area contributed by atoms with Crippen LogP contribution in [-0.2, 0) is 14.8 Å². The summed E-state index contributed by atoms with van der Waals surface area (Å²) in [6, 6.07) is 22.8. The monoisotopic (exact) mass is 454 g/mol. The van der Waals surface area contributed by atoms with Crippen LogP contribution in [0.2, 0.25) is 0 Å². The summed E-state index contributed by atoms with van der Waals surface area (Å²) in [6.45, 7) is 1.50. The van der Waals surface area contributed by atoms with Crippen molar-refractivity contribution in [3.63, 3.8) is 0 Å². The number of para-hydroxylation sites is 1. The molecule has 1 unspecified atom stereocenters. The third-order valence-corrected chi connectivity index (χ3v) is 5.93. The molecule has 3 rings (SSSR count). The molecule has 1 N–H and O–H groups in total. The molecule has 0 spiro atoms. The van der Waals surface area contributed by atoms with Gasteiger partial charge in [0.05, 0.1) is 25.1 Å². The maximum atomic E-state index is 12.6. The van der Waals surface area contributed by atoms with E-state index >= 15 is 0 Å². The van der Waals surface area contributed by atoms with E-state index in [0.717, 1.165) is 21.9 Å². The number of nitrogens with one attached hydrogen (secondary N) is 1. The molecule has 1 amide bonds. The van der Waals surface area contributed by atoms with Crippen molar-refractivity contribution < 1.29 is 22.7 Å². The molecule has 3 aromatic carbocycles. The molecular weight excluding hydrogens is 428 g/mol. The van der Waals surface area contributed by atoms with E-state index in [1.54, 1.807) is 43.5 Å². The number of methoxy groups -OCH3 is 1. The van der Waals surface area contributed by atoms with E-state index in [2.05, 4.69) is 5.32 Å².